The summed E-state index contributed by atoms with van der Waals surface area (Å²) in [6.45, 7) is 3.63. The third kappa shape index (κ3) is 3.90. The lowest BCUT2D eigenvalue weighted by atomic mass is 10.0. The monoisotopic (exact) mass is 359 g/mol. The van der Waals surface area contributed by atoms with Gasteiger partial charge in [-0.3, -0.25) is 4.79 Å². The Balaban J connectivity index is 1.71. The average Bonchev–Trinajstić information content (AvgIpc) is 2.64. The summed E-state index contributed by atoms with van der Waals surface area (Å²) in [7, 11) is 1.65. The molecule has 1 heterocycles. The summed E-state index contributed by atoms with van der Waals surface area (Å²) < 4.78 is 11.6. The Bertz CT molecular complexity index is 737. The van der Waals surface area contributed by atoms with Crippen molar-refractivity contribution in [2.24, 2.45) is 0 Å². The number of methoxy groups -OCH3 is 1. The zero-order valence-electron chi connectivity index (χ0n) is 14.5. The molecular weight excluding hydrogens is 338 g/mol. The zero-order valence-corrected chi connectivity index (χ0v) is 15.3. The quantitative estimate of drug-likeness (QED) is 0.736. The summed E-state index contributed by atoms with van der Waals surface area (Å²) in [6.07, 6.45) is 2.83. The molecule has 0 aromatic heterocycles. The summed E-state index contributed by atoms with van der Waals surface area (Å²) in [6, 6.07) is 11.2. The Morgan fingerprint density at radius 2 is 1.80 bits per heavy atom. The van der Waals surface area contributed by atoms with Crippen LogP contribution in [-0.4, -0.2) is 32.6 Å². The zero-order chi connectivity index (χ0) is 17.8. The molecule has 0 spiro atoms. The van der Waals surface area contributed by atoms with Gasteiger partial charge in [0.1, 0.15) is 17.6 Å². The maximum absolute atomic E-state index is 11.5. The molecule has 4 nitrogen and oxygen atoms in total. The largest absolute Gasteiger partial charge is 0.494 e. The molecule has 0 amide bonds. The van der Waals surface area contributed by atoms with E-state index in [1.807, 2.05) is 43.3 Å². The number of carbonyl (C=O) groups excluding carboxylic acids is 1. The van der Waals surface area contributed by atoms with Crippen molar-refractivity contribution in [3.05, 3.63) is 52.5 Å². The van der Waals surface area contributed by atoms with E-state index in [-0.39, 0.29) is 6.10 Å². The number of piperidine rings is 1. The Morgan fingerprint density at radius 1 is 1.12 bits per heavy atom. The van der Waals surface area contributed by atoms with E-state index in [0.717, 1.165) is 55.0 Å². The van der Waals surface area contributed by atoms with Crippen LogP contribution in [-0.2, 0) is 0 Å². The van der Waals surface area contributed by atoms with Gasteiger partial charge in [-0.1, -0.05) is 17.7 Å². The third-order valence-corrected chi connectivity index (χ3v) is 4.82. The second-order valence-corrected chi connectivity index (χ2v) is 6.67. The van der Waals surface area contributed by atoms with E-state index < -0.39 is 0 Å². The van der Waals surface area contributed by atoms with Gasteiger partial charge in [0.2, 0.25) is 0 Å². The number of anilines is 1. The highest BCUT2D eigenvalue weighted by Crippen LogP contribution is 2.36. The van der Waals surface area contributed by atoms with Gasteiger partial charge in [0.15, 0.2) is 6.29 Å². The minimum absolute atomic E-state index is 0.160. The molecule has 132 valence electrons. The second-order valence-electron chi connectivity index (χ2n) is 6.23. The van der Waals surface area contributed by atoms with Crippen LogP contribution < -0.4 is 14.4 Å². The lowest BCUT2D eigenvalue weighted by Crippen LogP contribution is -2.39. The fourth-order valence-electron chi connectivity index (χ4n) is 3.27. The minimum atomic E-state index is 0.160. The van der Waals surface area contributed by atoms with Gasteiger partial charge in [-0.05, 0) is 42.8 Å². The van der Waals surface area contributed by atoms with Crippen LogP contribution in [0.2, 0.25) is 5.02 Å². The van der Waals surface area contributed by atoms with Gasteiger partial charge in [-0.15, -0.1) is 0 Å². The lowest BCUT2D eigenvalue weighted by Gasteiger charge is -2.35. The number of benzene rings is 2. The number of rotatable bonds is 5. The predicted molar refractivity (Wildman–Crippen MR) is 100 cm³/mol. The molecule has 1 aliphatic heterocycles. The molecule has 25 heavy (non-hydrogen) atoms. The maximum Gasteiger partial charge on any atom is 0.152 e. The first-order valence-electron chi connectivity index (χ1n) is 8.42. The van der Waals surface area contributed by atoms with E-state index in [4.69, 9.17) is 21.1 Å². The van der Waals surface area contributed by atoms with Crippen LogP contribution in [0.4, 0.5) is 5.69 Å². The number of nitrogens with zero attached hydrogens (tertiary/aromatic N) is 1. The number of carbonyl (C=O) groups is 1. The Labute approximate surface area is 153 Å². The van der Waals surface area contributed by atoms with Gasteiger partial charge in [-0.2, -0.15) is 0 Å². The topological polar surface area (TPSA) is 38.8 Å². The molecule has 0 radical (unpaired) electrons. The molecule has 1 aliphatic rings. The van der Waals surface area contributed by atoms with Crippen LogP contribution in [0.3, 0.4) is 0 Å². The van der Waals surface area contributed by atoms with Crippen molar-refractivity contribution < 1.29 is 14.3 Å². The molecule has 0 unspecified atom stereocenters. The first-order chi connectivity index (χ1) is 12.1. The van der Waals surface area contributed by atoms with E-state index in [1.54, 1.807) is 7.11 Å². The van der Waals surface area contributed by atoms with Gasteiger partial charge in [0.25, 0.3) is 0 Å². The molecule has 1 fully saturated rings. The first kappa shape index (κ1) is 17.6. The van der Waals surface area contributed by atoms with E-state index in [2.05, 4.69) is 4.90 Å². The standard InChI is InChI=1S/C20H22ClNO3/c1-14-3-4-15(13-23)19(20(14)24-2)22-11-9-18(10-12-22)25-17-7-5-16(21)6-8-17/h3-8,13,18H,9-12H2,1-2H3. The van der Waals surface area contributed by atoms with Gasteiger partial charge in [0.05, 0.1) is 12.8 Å². The molecule has 0 atom stereocenters. The average molecular weight is 360 g/mol. The Hall–Kier alpha value is -2.20. The molecule has 2 aromatic carbocycles. The van der Waals surface area contributed by atoms with E-state index in [1.165, 1.54) is 0 Å². The van der Waals surface area contributed by atoms with Gasteiger partial charge >= 0.3 is 0 Å². The second kappa shape index (κ2) is 7.79. The van der Waals surface area contributed by atoms with Crippen molar-refractivity contribution in [3.63, 3.8) is 0 Å². The molecule has 1 saturated heterocycles. The van der Waals surface area contributed by atoms with E-state index in [0.29, 0.717) is 10.6 Å². The van der Waals surface area contributed by atoms with E-state index in [9.17, 15) is 4.79 Å². The van der Waals surface area contributed by atoms with Crippen LogP contribution in [0, 0.1) is 6.92 Å². The van der Waals surface area contributed by atoms with Gasteiger partial charge in [-0.25, -0.2) is 0 Å². The first-order valence-corrected chi connectivity index (χ1v) is 8.80. The number of aldehydes is 1. The van der Waals surface area contributed by atoms with Gasteiger partial charge < -0.3 is 14.4 Å². The third-order valence-electron chi connectivity index (χ3n) is 4.57. The number of aryl methyl sites for hydroxylation is 1. The SMILES string of the molecule is COc1c(C)ccc(C=O)c1N1CCC(Oc2ccc(Cl)cc2)CC1. The van der Waals surface area contributed by atoms with Crippen molar-refractivity contribution in [2.45, 2.75) is 25.9 Å². The molecule has 5 heteroatoms. The van der Waals surface area contributed by atoms with Crippen molar-refractivity contribution in [1.29, 1.82) is 0 Å². The summed E-state index contributed by atoms with van der Waals surface area (Å²) >= 11 is 5.91. The summed E-state index contributed by atoms with van der Waals surface area (Å²) in [5, 5.41) is 0.704. The van der Waals surface area contributed by atoms with Crippen molar-refractivity contribution in [2.75, 3.05) is 25.1 Å². The van der Waals surface area contributed by atoms with Crippen LogP contribution in [0.5, 0.6) is 11.5 Å². The van der Waals surface area contributed by atoms with Crippen LogP contribution in [0.1, 0.15) is 28.8 Å². The molecule has 0 bridgehead atoms. The molecule has 3 rings (SSSR count). The Kier molecular flexibility index (Phi) is 5.49. The molecular formula is C20H22ClNO3. The van der Waals surface area contributed by atoms with Crippen LogP contribution >= 0.6 is 11.6 Å². The number of hydrogen-bond acceptors (Lipinski definition) is 4. The van der Waals surface area contributed by atoms with Crippen LogP contribution in [0.25, 0.3) is 0 Å². The van der Waals surface area contributed by atoms with Crippen LogP contribution in [0.15, 0.2) is 36.4 Å². The highest BCUT2D eigenvalue weighted by Gasteiger charge is 2.25. The van der Waals surface area contributed by atoms with Gasteiger partial charge in [0, 0.05) is 36.5 Å². The van der Waals surface area contributed by atoms with Crippen molar-refractivity contribution in [3.8, 4) is 11.5 Å². The number of ether oxygens (including phenoxy) is 2. The van der Waals surface area contributed by atoms with Crippen molar-refractivity contribution >= 4 is 23.6 Å². The highest BCUT2D eigenvalue weighted by atomic mass is 35.5. The fourth-order valence-corrected chi connectivity index (χ4v) is 3.40. The van der Waals surface area contributed by atoms with E-state index >= 15 is 0 Å². The Morgan fingerprint density at radius 3 is 2.40 bits per heavy atom. The molecule has 0 N–H and O–H groups in total. The lowest BCUT2D eigenvalue weighted by molar-refractivity contribution is 0.112. The summed E-state index contributed by atoms with van der Waals surface area (Å²) in [4.78, 5) is 13.7. The summed E-state index contributed by atoms with van der Waals surface area (Å²) in [5.74, 6) is 1.62. The smallest absolute Gasteiger partial charge is 0.152 e. The molecule has 0 aliphatic carbocycles. The fraction of sp³-hybridized carbons (Fsp3) is 0.350. The molecule has 0 saturated carbocycles. The predicted octanol–water partition coefficient (Wildman–Crippen LogP) is 4.52. The normalized spacial score (nSPS) is 15.1. The van der Waals surface area contributed by atoms with Crippen molar-refractivity contribution in [1.82, 2.24) is 0 Å². The number of hydrogen-bond donors (Lipinski definition) is 0. The number of halogens is 1. The maximum atomic E-state index is 11.5. The minimum Gasteiger partial charge on any atom is -0.494 e. The summed E-state index contributed by atoms with van der Waals surface area (Å²) in [5.41, 5.74) is 2.59. The molecule has 2 aromatic rings. The highest BCUT2D eigenvalue weighted by molar-refractivity contribution is 6.30.